The zero-order valence-electron chi connectivity index (χ0n) is 12.3. The Bertz CT molecular complexity index is 655. The van der Waals surface area contributed by atoms with Gasteiger partial charge in [0, 0.05) is 12.6 Å². The van der Waals surface area contributed by atoms with Crippen molar-refractivity contribution in [1.82, 2.24) is 0 Å². The number of aryl methyl sites for hydroxylation is 2. The van der Waals surface area contributed by atoms with Gasteiger partial charge in [0.15, 0.2) is 0 Å². The first kappa shape index (κ1) is 14.8. The van der Waals surface area contributed by atoms with Crippen molar-refractivity contribution in [3.8, 4) is 5.75 Å². The molecule has 0 aromatic heterocycles. The van der Waals surface area contributed by atoms with Crippen LogP contribution in [-0.4, -0.2) is 11.9 Å². The van der Waals surface area contributed by atoms with Crippen molar-refractivity contribution < 1.29 is 14.3 Å². The van der Waals surface area contributed by atoms with Gasteiger partial charge in [-0.1, -0.05) is 17.2 Å². The summed E-state index contributed by atoms with van der Waals surface area (Å²) in [5, 5.41) is 2.65. The minimum absolute atomic E-state index is 0.144. The number of hydrogen-bond donors (Lipinski definition) is 1. The molecule has 2 rings (SSSR count). The number of esters is 1. The van der Waals surface area contributed by atoms with Gasteiger partial charge in [0.25, 0.3) is 0 Å². The molecular formula is C17H17NO3. The highest BCUT2D eigenvalue weighted by atomic mass is 16.5. The second kappa shape index (κ2) is 6.22. The lowest BCUT2D eigenvalue weighted by molar-refractivity contribution is -0.114. The third kappa shape index (κ3) is 4.18. The van der Waals surface area contributed by atoms with Crippen LogP contribution in [-0.2, 0) is 4.79 Å². The van der Waals surface area contributed by atoms with Crippen molar-refractivity contribution in [2.24, 2.45) is 0 Å². The van der Waals surface area contributed by atoms with E-state index in [9.17, 15) is 9.59 Å². The van der Waals surface area contributed by atoms with Gasteiger partial charge in [-0.3, -0.25) is 4.79 Å². The first-order chi connectivity index (χ1) is 9.94. The number of carbonyl (C=O) groups excluding carboxylic acids is 2. The van der Waals surface area contributed by atoms with E-state index in [1.54, 1.807) is 36.4 Å². The second-order valence-corrected chi connectivity index (χ2v) is 4.97. The Kier molecular flexibility index (Phi) is 4.38. The van der Waals surface area contributed by atoms with Crippen LogP contribution in [0.25, 0.3) is 0 Å². The summed E-state index contributed by atoms with van der Waals surface area (Å²) in [5.74, 6) is -0.0997. The van der Waals surface area contributed by atoms with Crippen LogP contribution in [0.4, 0.5) is 5.69 Å². The lowest BCUT2D eigenvalue weighted by Gasteiger charge is -2.07. The predicted octanol–water partition coefficient (Wildman–Crippen LogP) is 3.48. The average Bonchev–Trinajstić information content (AvgIpc) is 2.39. The Morgan fingerprint density at radius 3 is 2.05 bits per heavy atom. The van der Waals surface area contributed by atoms with Crippen molar-refractivity contribution in [3.05, 3.63) is 59.2 Å². The Morgan fingerprint density at radius 1 is 0.952 bits per heavy atom. The highest BCUT2D eigenvalue weighted by Gasteiger charge is 2.09. The van der Waals surface area contributed by atoms with Crippen LogP contribution < -0.4 is 10.1 Å². The van der Waals surface area contributed by atoms with Crippen LogP contribution in [0.5, 0.6) is 5.75 Å². The molecule has 0 heterocycles. The van der Waals surface area contributed by atoms with E-state index in [4.69, 9.17) is 4.74 Å². The van der Waals surface area contributed by atoms with Crippen LogP contribution in [0.15, 0.2) is 42.5 Å². The highest BCUT2D eigenvalue weighted by molar-refractivity contribution is 5.92. The smallest absolute Gasteiger partial charge is 0.343 e. The predicted molar refractivity (Wildman–Crippen MR) is 81.6 cm³/mol. The lowest BCUT2D eigenvalue weighted by Crippen LogP contribution is -2.09. The Balaban J connectivity index is 2.10. The average molecular weight is 283 g/mol. The zero-order chi connectivity index (χ0) is 15.4. The lowest BCUT2D eigenvalue weighted by atomic mass is 10.1. The molecule has 0 aliphatic heterocycles. The summed E-state index contributed by atoms with van der Waals surface area (Å²) in [5.41, 5.74) is 3.22. The molecule has 21 heavy (non-hydrogen) atoms. The van der Waals surface area contributed by atoms with Gasteiger partial charge in [-0.15, -0.1) is 0 Å². The molecule has 0 bridgehead atoms. The maximum absolute atomic E-state index is 12.1. The fourth-order valence-electron chi connectivity index (χ4n) is 2.07. The number of anilines is 1. The molecule has 108 valence electrons. The molecular weight excluding hydrogens is 266 g/mol. The second-order valence-electron chi connectivity index (χ2n) is 4.97. The molecule has 1 N–H and O–H groups in total. The minimum atomic E-state index is -0.394. The van der Waals surface area contributed by atoms with Gasteiger partial charge in [0.1, 0.15) is 5.75 Å². The van der Waals surface area contributed by atoms with Gasteiger partial charge >= 0.3 is 5.97 Å². The molecule has 0 spiro atoms. The molecule has 0 unspecified atom stereocenters. The Labute approximate surface area is 123 Å². The van der Waals surface area contributed by atoms with Crippen LogP contribution >= 0.6 is 0 Å². The van der Waals surface area contributed by atoms with Gasteiger partial charge in [0.05, 0.1) is 5.56 Å². The van der Waals surface area contributed by atoms with E-state index >= 15 is 0 Å². The van der Waals surface area contributed by atoms with Crippen molar-refractivity contribution >= 4 is 17.6 Å². The van der Waals surface area contributed by atoms with Gasteiger partial charge in [0.2, 0.25) is 5.91 Å². The standard InChI is InChI=1S/C17H17NO3/c1-11-8-12(2)10-14(9-11)17(20)21-16-6-4-15(5-7-16)18-13(3)19/h4-10H,1-3H3,(H,18,19). The number of hydrogen-bond acceptors (Lipinski definition) is 3. The summed E-state index contributed by atoms with van der Waals surface area (Å²) < 4.78 is 5.32. The minimum Gasteiger partial charge on any atom is -0.423 e. The molecule has 2 aromatic carbocycles. The SMILES string of the molecule is CC(=O)Nc1ccc(OC(=O)c2cc(C)cc(C)c2)cc1. The first-order valence-corrected chi connectivity index (χ1v) is 6.62. The van der Waals surface area contributed by atoms with E-state index in [0.29, 0.717) is 17.0 Å². The Morgan fingerprint density at radius 2 is 1.52 bits per heavy atom. The third-order valence-electron chi connectivity index (χ3n) is 2.84. The fourth-order valence-corrected chi connectivity index (χ4v) is 2.07. The van der Waals surface area contributed by atoms with E-state index in [1.165, 1.54) is 6.92 Å². The molecule has 4 heteroatoms. The largest absolute Gasteiger partial charge is 0.423 e. The van der Waals surface area contributed by atoms with E-state index in [1.807, 2.05) is 19.9 Å². The van der Waals surface area contributed by atoms with E-state index in [-0.39, 0.29) is 5.91 Å². The number of amides is 1. The molecule has 0 saturated heterocycles. The number of rotatable bonds is 3. The molecule has 0 aliphatic rings. The summed E-state index contributed by atoms with van der Waals surface area (Å²) in [6.45, 7) is 5.31. The number of nitrogens with one attached hydrogen (secondary N) is 1. The van der Waals surface area contributed by atoms with E-state index in [2.05, 4.69) is 5.32 Å². The normalized spacial score (nSPS) is 10.0. The maximum atomic E-state index is 12.1. The monoisotopic (exact) mass is 283 g/mol. The van der Waals surface area contributed by atoms with E-state index in [0.717, 1.165) is 11.1 Å². The van der Waals surface area contributed by atoms with Crippen molar-refractivity contribution in [2.45, 2.75) is 20.8 Å². The number of benzene rings is 2. The summed E-state index contributed by atoms with van der Waals surface area (Å²) in [6, 6.07) is 12.2. The van der Waals surface area contributed by atoms with Crippen LogP contribution in [0, 0.1) is 13.8 Å². The van der Waals surface area contributed by atoms with Crippen molar-refractivity contribution in [2.75, 3.05) is 5.32 Å². The summed E-state index contributed by atoms with van der Waals surface area (Å²) in [7, 11) is 0. The van der Waals surface area contributed by atoms with Gasteiger partial charge in [-0.25, -0.2) is 4.79 Å². The third-order valence-corrected chi connectivity index (χ3v) is 2.84. The van der Waals surface area contributed by atoms with Crippen LogP contribution in [0.2, 0.25) is 0 Å². The molecule has 1 amide bonds. The zero-order valence-corrected chi connectivity index (χ0v) is 12.3. The molecule has 0 atom stereocenters. The molecule has 0 radical (unpaired) electrons. The molecule has 0 aliphatic carbocycles. The van der Waals surface area contributed by atoms with E-state index < -0.39 is 5.97 Å². The molecule has 4 nitrogen and oxygen atoms in total. The van der Waals surface area contributed by atoms with Gasteiger partial charge < -0.3 is 10.1 Å². The van der Waals surface area contributed by atoms with Crippen LogP contribution in [0.1, 0.15) is 28.4 Å². The molecule has 2 aromatic rings. The topological polar surface area (TPSA) is 55.4 Å². The maximum Gasteiger partial charge on any atom is 0.343 e. The molecule has 0 fully saturated rings. The summed E-state index contributed by atoms with van der Waals surface area (Å²) in [6.07, 6.45) is 0. The molecule has 0 saturated carbocycles. The number of ether oxygens (including phenoxy) is 1. The van der Waals surface area contributed by atoms with Gasteiger partial charge in [-0.2, -0.15) is 0 Å². The van der Waals surface area contributed by atoms with Crippen LogP contribution in [0.3, 0.4) is 0 Å². The van der Waals surface area contributed by atoms with Crippen molar-refractivity contribution in [1.29, 1.82) is 0 Å². The van der Waals surface area contributed by atoms with Gasteiger partial charge in [-0.05, 0) is 50.2 Å². The summed E-state index contributed by atoms with van der Waals surface area (Å²) >= 11 is 0. The fraction of sp³-hybridized carbons (Fsp3) is 0.176. The number of carbonyl (C=O) groups is 2. The summed E-state index contributed by atoms with van der Waals surface area (Å²) in [4.78, 5) is 23.0. The van der Waals surface area contributed by atoms with Crippen molar-refractivity contribution in [3.63, 3.8) is 0 Å². The first-order valence-electron chi connectivity index (χ1n) is 6.62. The highest BCUT2D eigenvalue weighted by Crippen LogP contribution is 2.18. The Hall–Kier alpha value is -2.62. The quantitative estimate of drug-likeness (QED) is 0.693.